The van der Waals surface area contributed by atoms with Crippen molar-refractivity contribution < 1.29 is 4.79 Å². The molecule has 7 heteroatoms. The quantitative estimate of drug-likeness (QED) is 0.618. The monoisotopic (exact) mass is 479 g/mol. The Kier molecular flexibility index (Phi) is 7.95. The van der Waals surface area contributed by atoms with Crippen LogP contribution in [0.5, 0.6) is 0 Å². The van der Waals surface area contributed by atoms with E-state index in [1.807, 2.05) is 26.1 Å². The molecular formula is C28H41N5O2. The van der Waals surface area contributed by atoms with Gasteiger partial charge in [0.1, 0.15) is 5.82 Å². The van der Waals surface area contributed by atoms with Crippen LogP contribution in [0.3, 0.4) is 0 Å². The van der Waals surface area contributed by atoms with Crippen LogP contribution in [0, 0.1) is 20.8 Å². The van der Waals surface area contributed by atoms with Crippen molar-refractivity contribution in [3.63, 3.8) is 0 Å². The summed E-state index contributed by atoms with van der Waals surface area (Å²) in [6.07, 6.45) is 9.20. The summed E-state index contributed by atoms with van der Waals surface area (Å²) in [5, 5.41) is 3.10. The van der Waals surface area contributed by atoms with Gasteiger partial charge in [0.2, 0.25) is 0 Å². The molecule has 1 atom stereocenters. The number of nitrogens with one attached hydrogen (secondary N) is 1. The van der Waals surface area contributed by atoms with E-state index < -0.39 is 0 Å². The normalized spacial score (nSPS) is 16.8. The minimum Gasteiger partial charge on any atom is -0.352 e. The third-order valence-electron chi connectivity index (χ3n) is 7.89. The molecule has 2 aromatic heterocycles. The molecule has 1 saturated heterocycles. The number of carbonyl (C=O) groups is 1. The molecule has 4 heterocycles. The number of fused-ring (bicyclic) bond motifs is 1. The van der Waals surface area contributed by atoms with Crippen LogP contribution in [0.15, 0.2) is 15.9 Å². The molecule has 2 aromatic rings. The topological polar surface area (TPSA) is 71.6 Å². The first-order chi connectivity index (χ1) is 16.8. The number of hydrogen-bond acceptors (Lipinski definition) is 4. The van der Waals surface area contributed by atoms with Gasteiger partial charge >= 0.3 is 0 Å². The van der Waals surface area contributed by atoms with E-state index in [1.54, 1.807) is 11.6 Å². The molecule has 0 saturated carbocycles. The zero-order valence-electron chi connectivity index (χ0n) is 22.1. The molecule has 1 amide bonds. The fourth-order valence-electron chi connectivity index (χ4n) is 5.74. The Labute approximate surface area is 209 Å². The standard InChI is InChI=1S/C28H41N5O2/c1-19-18-21(3)31(5)28(35)23(19)11-14-30-27(34)25-22(4)33(26-24(25)10-9-13-29-26)20(2)12-17-32-15-7-6-8-16-32/h13,18,20H,6-12,14-17H2,1-5H3,(H,30,34). The van der Waals surface area contributed by atoms with Crippen molar-refractivity contribution in [3.05, 3.63) is 50.1 Å². The third kappa shape index (κ3) is 5.30. The lowest BCUT2D eigenvalue weighted by atomic mass is 10.0. The summed E-state index contributed by atoms with van der Waals surface area (Å²) in [6.45, 7) is 12.1. The Bertz CT molecular complexity index is 1170. The molecule has 1 fully saturated rings. The molecular weight excluding hydrogens is 438 g/mol. The molecule has 0 radical (unpaired) electrons. The molecule has 1 N–H and O–H groups in total. The number of nitrogens with zero attached hydrogens (tertiary/aromatic N) is 4. The van der Waals surface area contributed by atoms with Crippen molar-refractivity contribution in [2.75, 3.05) is 26.2 Å². The highest BCUT2D eigenvalue weighted by atomic mass is 16.1. The minimum absolute atomic E-state index is 0.0216. The second-order valence-electron chi connectivity index (χ2n) is 10.3. The number of aliphatic imine (C=N–C) groups is 1. The summed E-state index contributed by atoms with van der Waals surface area (Å²) in [6, 6.07) is 2.31. The van der Waals surface area contributed by atoms with Crippen molar-refractivity contribution in [1.82, 2.24) is 19.4 Å². The van der Waals surface area contributed by atoms with E-state index in [2.05, 4.69) is 28.6 Å². The summed E-state index contributed by atoms with van der Waals surface area (Å²) in [5.74, 6) is 0.896. The fraction of sp³-hybridized carbons (Fsp3) is 0.607. The number of hydrogen-bond donors (Lipinski definition) is 1. The highest BCUT2D eigenvalue weighted by Gasteiger charge is 2.28. The average molecular weight is 480 g/mol. The van der Waals surface area contributed by atoms with Crippen LogP contribution in [-0.2, 0) is 19.9 Å². The van der Waals surface area contributed by atoms with Crippen LogP contribution in [0.25, 0.3) is 0 Å². The van der Waals surface area contributed by atoms with Gasteiger partial charge in [0.15, 0.2) is 0 Å². The van der Waals surface area contributed by atoms with Crippen LogP contribution in [-0.4, -0.2) is 52.3 Å². The molecule has 190 valence electrons. The Hall–Kier alpha value is -2.67. The van der Waals surface area contributed by atoms with E-state index in [9.17, 15) is 9.59 Å². The van der Waals surface area contributed by atoms with Gasteiger partial charge in [0.25, 0.3) is 11.5 Å². The number of likely N-dealkylation sites (tertiary alicyclic amines) is 1. The van der Waals surface area contributed by atoms with Crippen molar-refractivity contribution in [2.45, 2.75) is 78.7 Å². The number of piperidine rings is 1. The highest BCUT2D eigenvalue weighted by molar-refractivity contribution is 5.99. The first kappa shape index (κ1) is 25.4. The Morgan fingerprint density at radius 2 is 1.91 bits per heavy atom. The van der Waals surface area contributed by atoms with Gasteiger partial charge in [0, 0.05) is 54.9 Å². The van der Waals surface area contributed by atoms with Gasteiger partial charge in [-0.05, 0) is 90.9 Å². The Balaban J connectivity index is 1.49. The van der Waals surface area contributed by atoms with Gasteiger partial charge in [-0.3, -0.25) is 9.59 Å². The van der Waals surface area contributed by atoms with Gasteiger partial charge in [-0.1, -0.05) is 6.42 Å². The third-order valence-corrected chi connectivity index (χ3v) is 7.89. The first-order valence-electron chi connectivity index (χ1n) is 13.2. The largest absolute Gasteiger partial charge is 0.352 e. The van der Waals surface area contributed by atoms with Gasteiger partial charge < -0.3 is 19.4 Å². The van der Waals surface area contributed by atoms with E-state index in [4.69, 9.17) is 4.99 Å². The predicted molar refractivity (Wildman–Crippen MR) is 142 cm³/mol. The zero-order valence-corrected chi connectivity index (χ0v) is 22.1. The van der Waals surface area contributed by atoms with E-state index in [1.165, 1.54) is 32.4 Å². The number of aromatic nitrogens is 2. The van der Waals surface area contributed by atoms with Crippen LogP contribution in [0.4, 0.5) is 5.82 Å². The van der Waals surface area contributed by atoms with E-state index in [-0.39, 0.29) is 17.5 Å². The summed E-state index contributed by atoms with van der Waals surface area (Å²) in [5.41, 5.74) is 5.55. The van der Waals surface area contributed by atoms with E-state index in [0.29, 0.717) is 13.0 Å². The summed E-state index contributed by atoms with van der Waals surface area (Å²) < 4.78 is 3.96. The summed E-state index contributed by atoms with van der Waals surface area (Å²) in [7, 11) is 1.80. The van der Waals surface area contributed by atoms with Gasteiger partial charge in [0.05, 0.1) is 5.56 Å². The number of carbonyl (C=O) groups excluding carboxylic acids is 1. The number of pyridine rings is 1. The number of aryl methyl sites for hydroxylation is 2. The SMILES string of the molecule is Cc1cc(C)n(C)c(=O)c1CCNC(=O)c1c2c(n(C(C)CCN3CCCCC3)c1C)N=CCC2. The molecule has 0 aromatic carbocycles. The van der Waals surface area contributed by atoms with Gasteiger partial charge in [-0.15, -0.1) is 0 Å². The molecule has 1 unspecified atom stereocenters. The predicted octanol–water partition coefficient (Wildman–Crippen LogP) is 4.17. The average Bonchev–Trinajstić information content (AvgIpc) is 3.15. The Morgan fingerprint density at radius 1 is 1.17 bits per heavy atom. The van der Waals surface area contributed by atoms with Gasteiger partial charge in [-0.2, -0.15) is 0 Å². The highest BCUT2D eigenvalue weighted by Crippen LogP contribution is 2.36. The number of amides is 1. The number of rotatable bonds is 8. The molecule has 35 heavy (non-hydrogen) atoms. The first-order valence-corrected chi connectivity index (χ1v) is 13.2. The van der Waals surface area contributed by atoms with Crippen molar-refractivity contribution in [1.29, 1.82) is 0 Å². The zero-order chi connectivity index (χ0) is 25.1. The van der Waals surface area contributed by atoms with Crippen molar-refractivity contribution in [2.24, 2.45) is 12.0 Å². The lowest BCUT2D eigenvalue weighted by Gasteiger charge is -2.28. The van der Waals surface area contributed by atoms with Crippen molar-refractivity contribution in [3.8, 4) is 0 Å². The maximum atomic E-state index is 13.4. The molecule has 0 aliphatic carbocycles. The minimum atomic E-state index is -0.0561. The van der Waals surface area contributed by atoms with Crippen molar-refractivity contribution >= 4 is 17.9 Å². The van der Waals surface area contributed by atoms with Crippen LogP contribution < -0.4 is 10.9 Å². The molecule has 4 rings (SSSR count). The second-order valence-corrected chi connectivity index (χ2v) is 10.3. The summed E-state index contributed by atoms with van der Waals surface area (Å²) >= 11 is 0. The smallest absolute Gasteiger partial charge is 0.253 e. The van der Waals surface area contributed by atoms with E-state index in [0.717, 1.165) is 65.3 Å². The van der Waals surface area contributed by atoms with Gasteiger partial charge in [-0.25, -0.2) is 4.99 Å². The molecule has 0 spiro atoms. The maximum Gasteiger partial charge on any atom is 0.253 e. The van der Waals surface area contributed by atoms with E-state index >= 15 is 0 Å². The maximum absolute atomic E-state index is 13.4. The fourth-order valence-corrected chi connectivity index (χ4v) is 5.74. The summed E-state index contributed by atoms with van der Waals surface area (Å²) in [4.78, 5) is 33.4. The molecule has 2 aliphatic rings. The van der Waals surface area contributed by atoms with Crippen LogP contribution >= 0.6 is 0 Å². The Morgan fingerprint density at radius 3 is 2.66 bits per heavy atom. The van der Waals surface area contributed by atoms with Crippen LogP contribution in [0.2, 0.25) is 0 Å². The molecule has 7 nitrogen and oxygen atoms in total. The lowest BCUT2D eigenvalue weighted by molar-refractivity contribution is 0.0952. The molecule has 2 aliphatic heterocycles. The second kappa shape index (κ2) is 10.9. The van der Waals surface area contributed by atoms with Crippen LogP contribution in [0.1, 0.15) is 83.5 Å². The molecule has 0 bridgehead atoms. The lowest BCUT2D eigenvalue weighted by Crippen LogP contribution is -2.32.